The second-order valence-corrected chi connectivity index (χ2v) is 8.20. The van der Waals surface area contributed by atoms with Crippen molar-refractivity contribution in [3.05, 3.63) is 35.4 Å². The number of carbonyl (C=O) groups excluding carboxylic acids is 1. The normalized spacial score (nSPS) is 23.1. The summed E-state index contributed by atoms with van der Waals surface area (Å²) in [5.41, 5.74) is 1.66. The third-order valence-corrected chi connectivity index (χ3v) is 4.58. The topological polar surface area (TPSA) is 61.8 Å². The first-order chi connectivity index (χ1) is 11.6. The zero-order chi connectivity index (χ0) is 18.6. The standard InChI is InChI=1S/C20H32N2O3/c1-14-6-8-16(9-7-14)18(23)13-22-11-10-17(15(2)12-22)21-19(24)25-20(3,4)5/h6-9,15,17-18,23H,10-13H2,1-5H3,(H,21,24). The Morgan fingerprint density at radius 2 is 2.00 bits per heavy atom. The van der Waals surface area contributed by atoms with Crippen molar-refractivity contribution in [2.45, 2.75) is 58.8 Å². The Morgan fingerprint density at radius 1 is 1.36 bits per heavy atom. The number of hydrogen-bond donors (Lipinski definition) is 2. The van der Waals surface area contributed by atoms with Crippen LogP contribution in [0, 0.1) is 12.8 Å². The summed E-state index contributed by atoms with van der Waals surface area (Å²) in [7, 11) is 0. The number of benzene rings is 1. The lowest BCUT2D eigenvalue weighted by molar-refractivity contribution is 0.0399. The molecular weight excluding hydrogens is 316 g/mol. The molecule has 1 aliphatic heterocycles. The van der Waals surface area contributed by atoms with E-state index in [1.165, 1.54) is 5.56 Å². The molecule has 1 aliphatic rings. The van der Waals surface area contributed by atoms with Crippen molar-refractivity contribution in [3.63, 3.8) is 0 Å². The molecule has 1 amide bonds. The molecular formula is C20H32N2O3. The lowest BCUT2D eigenvalue weighted by Crippen LogP contribution is -2.51. The monoisotopic (exact) mass is 348 g/mol. The molecule has 0 saturated carbocycles. The molecule has 2 rings (SSSR count). The average molecular weight is 348 g/mol. The van der Waals surface area contributed by atoms with Gasteiger partial charge in [0.15, 0.2) is 0 Å². The Morgan fingerprint density at radius 3 is 2.56 bits per heavy atom. The quantitative estimate of drug-likeness (QED) is 0.877. The van der Waals surface area contributed by atoms with E-state index in [9.17, 15) is 9.90 Å². The molecule has 1 fully saturated rings. The van der Waals surface area contributed by atoms with Gasteiger partial charge in [0.2, 0.25) is 0 Å². The first kappa shape index (κ1) is 19.7. The number of alkyl carbamates (subject to hydrolysis) is 1. The average Bonchev–Trinajstić information content (AvgIpc) is 2.49. The molecule has 3 atom stereocenters. The van der Waals surface area contributed by atoms with Crippen molar-refractivity contribution in [1.82, 2.24) is 10.2 Å². The Labute approximate surface area is 151 Å². The zero-order valence-corrected chi connectivity index (χ0v) is 16.1. The number of β-amino-alcohol motifs (C(OH)–C–C–N with tert-alkyl or cyclic N) is 1. The van der Waals surface area contributed by atoms with E-state index in [1.54, 1.807) is 0 Å². The number of piperidine rings is 1. The highest BCUT2D eigenvalue weighted by Gasteiger charge is 2.29. The number of likely N-dealkylation sites (tertiary alicyclic amines) is 1. The molecule has 0 aromatic heterocycles. The van der Waals surface area contributed by atoms with Crippen molar-refractivity contribution >= 4 is 6.09 Å². The highest BCUT2D eigenvalue weighted by Crippen LogP contribution is 2.21. The minimum absolute atomic E-state index is 0.114. The van der Waals surface area contributed by atoms with Gasteiger partial charge in [0, 0.05) is 25.7 Å². The summed E-state index contributed by atoms with van der Waals surface area (Å²) < 4.78 is 5.34. The fourth-order valence-electron chi connectivity index (χ4n) is 3.21. The predicted molar refractivity (Wildman–Crippen MR) is 99.5 cm³/mol. The van der Waals surface area contributed by atoms with Crippen LogP contribution in [-0.4, -0.2) is 47.4 Å². The summed E-state index contributed by atoms with van der Waals surface area (Å²) in [6, 6.07) is 8.14. The van der Waals surface area contributed by atoms with Gasteiger partial charge in [-0.25, -0.2) is 4.79 Å². The van der Waals surface area contributed by atoms with E-state index in [1.807, 2.05) is 52.0 Å². The van der Waals surface area contributed by atoms with Crippen LogP contribution in [0.5, 0.6) is 0 Å². The third kappa shape index (κ3) is 6.33. The molecule has 5 heteroatoms. The van der Waals surface area contributed by atoms with Crippen LogP contribution >= 0.6 is 0 Å². The largest absolute Gasteiger partial charge is 0.444 e. The Bertz CT molecular complexity index is 565. The zero-order valence-electron chi connectivity index (χ0n) is 16.1. The van der Waals surface area contributed by atoms with E-state index < -0.39 is 11.7 Å². The van der Waals surface area contributed by atoms with E-state index in [-0.39, 0.29) is 12.1 Å². The second-order valence-electron chi connectivity index (χ2n) is 8.20. The van der Waals surface area contributed by atoms with Gasteiger partial charge >= 0.3 is 6.09 Å². The molecule has 1 aromatic rings. The molecule has 0 bridgehead atoms. The molecule has 1 heterocycles. The number of aryl methyl sites for hydroxylation is 1. The lowest BCUT2D eigenvalue weighted by atomic mass is 9.93. The summed E-state index contributed by atoms with van der Waals surface area (Å²) in [6.45, 7) is 12.1. The fourth-order valence-corrected chi connectivity index (χ4v) is 3.21. The number of nitrogens with zero attached hydrogens (tertiary/aromatic N) is 1. The number of hydrogen-bond acceptors (Lipinski definition) is 4. The maximum absolute atomic E-state index is 12.0. The minimum atomic E-state index is -0.483. The van der Waals surface area contributed by atoms with Gasteiger partial charge in [-0.3, -0.25) is 4.90 Å². The van der Waals surface area contributed by atoms with E-state index in [4.69, 9.17) is 4.74 Å². The van der Waals surface area contributed by atoms with Crippen LogP contribution in [-0.2, 0) is 4.74 Å². The fraction of sp³-hybridized carbons (Fsp3) is 0.650. The van der Waals surface area contributed by atoms with E-state index >= 15 is 0 Å². The van der Waals surface area contributed by atoms with Gasteiger partial charge in [-0.15, -0.1) is 0 Å². The maximum atomic E-state index is 12.0. The van der Waals surface area contributed by atoms with Crippen LogP contribution in [0.25, 0.3) is 0 Å². The van der Waals surface area contributed by atoms with Crippen LogP contribution in [0.1, 0.15) is 51.3 Å². The van der Waals surface area contributed by atoms with Crippen LogP contribution in [0.15, 0.2) is 24.3 Å². The number of rotatable bonds is 4. The molecule has 0 spiro atoms. The summed E-state index contributed by atoms with van der Waals surface area (Å²) >= 11 is 0. The summed E-state index contributed by atoms with van der Waals surface area (Å²) in [5.74, 6) is 0.312. The number of amides is 1. The van der Waals surface area contributed by atoms with Crippen LogP contribution in [0.2, 0.25) is 0 Å². The van der Waals surface area contributed by atoms with Crippen molar-refractivity contribution in [2.24, 2.45) is 5.92 Å². The van der Waals surface area contributed by atoms with Gasteiger partial charge < -0.3 is 15.2 Å². The van der Waals surface area contributed by atoms with Gasteiger partial charge in [-0.1, -0.05) is 36.8 Å². The van der Waals surface area contributed by atoms with Gasteiger partial charge in [0.25, 0.3) is 0 Å². The smallest absolute Gasteiger partial charge is 0.407 e. The SMILES string of the molecule is Cc1ccc(C(O)CN2CCC(NC(=O)OC(C)(C)C)C(C)C2)cc1. The molecule has 25 heavy (non-hydrogen) atoms. The number of carbonyl (C=O) groups is 1. The van der Waals surface area contributed by atoms with E-state index in [2.05, 4.69) is 17.1 Å². The predicted octanol–water partition coefficient (Wildman–Crippen LogP) is 3.26. The van der Waals surface area contributed by atoms with Crippen LogP contribution in [0.4, 0.5) is 4.79 Å². The number of aliphatic hydroxyl groups excluding tert-OH is 1. The molecule has 140 valence electrons. The van der Waals surface area contributed by atoms with E-state index in [0.29, 0.717) is 12.5 Å². The van der Waals surface area contributed by atoms with Crippen molar-refractivity contribution in [2.75, 3.05) is 19.6 Å². The molecule has 0 radical (unpaired) electrons. The molecule has 5 nitrogen and oxygen atoms in total. The highest BCUT2D eigenvalue weighted by atomic mass is 16.6. The number of ether oxygens (including phenoxy) is 1. The van der Waals surface area contributed by atoms with Crippen molar-refractivity contribution in [1.29, 1.82) is 0 Å². The first-order valence-electron chi connectivity index (χ1n) is 9.10. The van der Waals surface area contributed by atoms with E-state index in [0.717, 1.165) is 25.1 Å². The summed E-state index contributed by atoms with van der Waals surface area (Å²) in [6.07, 6.45) is 0.0294. The highest BCUT2D eigenvalue weighted by molar-refractivity contribution is 5.68. The van der Waals surface area contributed by atoms with Gasteiger partial charge in [0.05, 0.1) is 6.10 Å². The second kappa shape index (κ2) is 8.19. The number of nitrogens with one attached hydrogen (secondary N) is 1. The number of aliphatic hydroxyl groups is 1. The molecule has 3 unspecified atom stereocenters. The summed E-state index contributed by atoms with van der Waals surface area (Å²) in [5, 5.41) is 13.4. The van der Waals surface area contributed by atoms with Gasteiger partial charge in [-0.05, 0) is 45.6 Å². The minimum Gasteiger partial charge on any atom is -0.444 e. The van der Waals surface area contributed by atoms with Crippen LogP contribution < -0.4 is 5.32 Å². The van der Waals surface area contributed by atoms with Crippen LogP contribution in [0.3, 0.4) is 0 Å². The maximum Gasteiger partial charge on any atom is 0.407 e. The van der Waals surface area contributed by atoms with Crippen molar-refractivity contribution in [3.8, 4) is 0 Å². The first-order valence-corrected chi connectivity index (χ1v) is 9.10. The van der Waals surface area contributed by atoms with Crippen molar-refractivity contribution < 1.29 is 14.6 Å². The Kier molecular flexibility index (Phi) is 6.47. The Hall–Kier alpha value is -1.59. The third-order valence-electron chi connectivity index (χ3n) is 4.58. The molecule has 2 N–H and O–H groups in total. The molecule has 1 saturated heterocycles. The lowest BCUT2D eigenvalue weighted by Gasteiger charge is -2.38. The van der Waals surface area contributed by atoms with Gasteiger partial charge in [0.1, 0.15) is 5.60 Å². The summed E-state index contributed by atoms with van der Waals surface area (Å²) in [4.78, 5) is 14.2. The molecule has 0 aliphatic carbocycles. The molecule has 1 aromatic carbocycles. The van der Waals surface area contributed by atoms with Gasteiger partial charge in [-0.2, -0.15) is 0 Å². The Balaban J connectivity index is 1.82.